The highest BCUT2D eigenvalue weighted by molar-refractivity contribution is 6.68. The number of benzene rings is 1. The van der Waals surface area contributed by atoms with Gasteiger partial charge in [0.25, 0.3) is 0 Å². The van der Waals surface area contributed by atoms with E-state index in [9.17, 15) is 4.79 Å². The predicted octanol–water partition coefficient (Wildman–Crippen LogP) is 4.18. The van der Waals surface area contributed by atoms with Crippen LogP contribution < -0.4 is 10.6 Å². The van der Waals surface area contributed by atoms with Crippen LogP contribution in [0.2, 0.25) is 0 Å². The Morgan fingerprint density at radius 3 is 2.30 bits per heavy atom. The molecule has 0 aromatic heterocycles. The van der Waals surface area contributed by atoms with Gasteiger partial charge in [-0.3, -0.25) is 4.79 Å². The number of hydrogen-bond acceptors (Lipinski definition) is 2. The fraction of sp³-hybridized carbons (Fsp3) is 0.500. The standard InChI is InChI=1S/C14H19Cl3N2O/c1-8(2)12(20)19-13(14(15,16)17)18-11-7-9(3)5-6-10(11)4/h5-8,13,18H,1-4H3,(H,19,20)/t13-/m1/s1. The Labute approximate surface area is 135 Å². The molecule has 1 aromatic carbocycles. The highest BCUT2D eigenvalue weighted by atomic mass is 35.6. The minimum absolute atomic E-state index is 0.181. The molecular weight excluding hydrogens is 319 g/mol. The third-order valence-corrected chi connectivity index (χ3v) is 3.49. The SMILES string of the molecule is Cc1ccc(C)c(N[C@H](NC(=O)C(C)C)C(Cl)(Cl)Cl)c1. The van der Waals surface area contributed by atoms with E-state index < -0.39 is 9.96 Å². The molecule has 1 rings (SSSR count). The summed E-state index contributed by atoms with van der Waals surface area (Å²) in [5.41, 5.74) is 2.91. The Kier molecular flexibility index (Phi) is 5.99. The summed E-state index contributed by atoms with van der Waals surface area (Å²) in [6.07, 6.45) is -0.803. The van der Waals surface area contributed by atoms with E-state index in [4.69, 9.17) is 34.8 Å². The lowest BCUT2D eigenvalue weighted by Crippen LogP contribution is -2.50. The zero-order chi connectivity index (χ0) is 15.5. The number of nitrogens with one attached hydrogen (secondary N) is 2. The molecule has 0 spiro atoms. The Balaban J connectivity index is 2.96. The van der Waals surface area contributed by atoms with E-state index in [2.05, 4.69) is 10.6 Å². The second kappa shape index (κ2) is 6.88. The topological polar surface area (TPSA) is 41.1 Å². The van der Waals surface area contributed by atoms with Crippen LogP contribution >= 0.6 is 34.8 Å². The van der Waals surface area contributed by atoms with Gasteiger partial charge in [0.1, 0.15) is 6.17 Å². The van der Waals surface area contributed by atoms with Gasteiger partial charge in [-0.25, -0.2) is 0 Å². The molecule has 0 heterocycles. The summed E-state index contributed by atoms with van der Waals surface area (Å²) in [7, 11) is 0. The number of alkyl halides is 3. The average Bonchev–Trinajstić information content (AvgIpc) is 2.31. The number of hydrogen-bond donors (Lipinski definition) is 2. The van der Waals surface area contributed by atoms with Crippen molar-refractivity contribution >= 4 is 46.4 Å². The van der Waals surface area contributed by atoms with Gasteiger partial charge in [0, 0.05) is 11.6 Å². The number of aryl methyl sites for hydroxylation is 2. The van der Waals surface area contributed by atoms with Gasteiger partial charge in [0.05, 0.1) is 0 Å². The monoisotopic (exact) mass is 336 g/mol. The van der Waals surface area contributed by atoms with E-state index in [1.165, 1.54) is 0 Å². The Bertz CT molecular complexity index is 484. The molecule has 1 amide bonds. The molecule has 0 radical (unpaired) electrons. The summed E-state index contributed by atoms with van der Waals surface area (Å²) in [4.78, 5) is 11.8. The Hall–Kier alpha value is -0.640. The van der Waals surface area contributed by atoms with Crippen molar-refractivity contribution in [2.45, 2.75) is 37.7 Å². The first-order valence-corrected chi connectivity index (χ1v) is 7.45. The van der Waals surface area contributed by atoms with Crippen LogP contribution in [0, 0.1) is 19.8 Å². The second-order valence-corrected chi connectivity index (χ2v) is 7.47. The largest absolute Gasteiger partial charge is 0.362 e. The highest BCUT2D eigenvalue weighted by Crippen LogP contribution is 2.32. The molecule has 2 N–H and O–H groups in total. The zero-order valence-electron chi connectivity index (χ0n) is 11.9. The minimum Gasteiger partial charge on any atom is -0.362 e. The summed E-state index contributed by atoms with van der Waals surface area (Å²) >= 11 is 17.8. The number of anilines is 1. The third kappa shape index (κ3) is 5.04. The number of rotatable bonds is 4. The van der Waals surface area contributed by atoms with Crippen LogP contribution in [0.4, 0.5) is 5.69 Å². The predicted molar refractivity (Wildman–Crippen MR) is 86.6 cm³/mol. The van der Waals surface area contributed by atoms with Crippen molar-refractivity contribution in [1.29, 1.82) is 0 Å². The fourth-order valence-corrected chi connectivity index (χ4v) is 1.88. The molecule has 0 bridgehead atoms. The summed E-state index contributed by atoms with van der Waals surface area (Å²) < 4.78 is -1.65. The van der Waals surface area contributed by atoms with Crippen molar-refractivity contribution in [3.8, 4) is 0 Å². The van der Waals surface area contributed by atoms with E-state index >= 15 is 0 Å². The number of carbonyl (C=O) groups excluding carboxylic acids is 1. The first-order chi connectivity index (χ1) is 9.11. The Morgan fingerprint density at radius 1 is 1.20 bits per heavy atom. The van der Waals surface area contributed by atoms with Crippen molar-refractivity contribution in [1.82, 2.24) is 5.32 Å². The molecule has 3 nitrogen and oxygen atoms in total. The van der Waals surface area contributed by atoms with Gasteiger partial charge in [-0.2, -0.15) is 0 Å². The van der Waals surface area contributed by atoms with E-state index in [0.29, 0.717) is 0 Å². The summed E-state index contributed by atoms with van der Waals surface area (Å²) in [5, 5.41) is 5.79. The first kappa shape index (κ1) is 17.4. The van der Waals surface area contributed by atoms with E-state index in [-0.39, 0.29) is 11.8 Å². The lowest BCUT2D eigenvalue weighted by Gasteiger charge is -2.29. The van der Waals surface area contributed by atoms with Crippen LogP contribution in [0.15, 0.2) is 18.2 Å². The quantitative estimate of drug-likeness (QED) is 0.639. The van der Waals surface area contributed by atoms with E-state index in [1.54, 1.807) is 13.8 Å². The lowest BCUT2D eigenvalue weighted by atomic mass is 10.1. The molecule has 0 aliphatic rings. The highest BCUT2D eigenvalue weighted by Gasteiger charge is 2.34. The Morgan fingerprint density at radius 2 is 1.80 bits per heavy atom. The molecule has 1 atom stereocenters. The lowest BCUT2D eigenvalue weighted by molar-refractivity contribution is -0.124. The summed E-state index contributed by atoms with van der Waals surface area (Å²) in [6, 6.07) is 5.91. The van der Waals surface area contributed by atoms with E-state index in [0.717, 1.165) is 16.8 Å². The van der Waals surface area contributed by atoms with E-state index in [1.807, 2.05) is 32.0 Å². The van der Waals surface area contributed by atoms with Gasteiger partial charge >= 0.3 is 0 Å². The molecule has 0 saturated heterocycles. The maximum atomic E-state index is 11.8. The third-order valence-electron chi connectivity index (χ3n) is 2.83. The van der Waals surface area contributed by atoms with Gasteiger partial charge in [-0.1, -0.05) is 60.8 Å². The van der Waals surface area contributed by atoms with Gasteiger partial charge in [-0.05, 0) is 31.0 Å². The van der Waals surface area contributed by atoms with Crippen molar-refractivity contribution in [3.63, 3.8) is 0 Å². The molecule has 0 fully saturated rings. The molecule has 1 aromatic rings. The van der Waals surface area contributed by atoms with Crippen LogP contribution in [-0.2, 0) is 4.79 Å². The number of amides is 1. The van der Waals surface area contributed by atoms with Crippen molar-refractivity contribution < 1.29 is 4.79 Å². The maximum absolute atomic E-state index is 11.8. The molecule has 0 aliphatic carbocycles. The van der Waals surface area contributed by atoms with Crippen molar-refractivity contribution in [3.05, 3.63) is 29.3 Å². The molecule has 6 heteroatoms. The molecule has 0 unspecified atom stereocenters. The van der Waals surface area contributed by atoms with Crippen LogP contribution in [0.3, 0.4) is 0 Å². The number of carbonyl (C=O) groups is 1. The number of halogens is 3. The second-order valence-electron chi connectivity index (χ2n) is 5.10. The van der Waals surface area contributed by atoms with Crippen LogP contribution in [0.5, 0.6) is 0 Å². The maximum Gasteiger partial charge on any atom is 0.228 e. The minimum atomic E-state index is -1.65. The zero-order valence-corrected chi connectivity index (χ0v) is 14.2. The van der Waals surface area contributed by atoms with Crippen LogP contribution in [0.25, 0.3) is 0 Å². The van der Waals surface area contributed by atoms with Crippen LogP contribution in [-0.4, -0.2) is 15.9 Å². The molecule has 20 heavy (non-hydrogen) atoms. The summed E-state index contributed by atoms with van der Waals surface area (Å²) in [5.74, 6) is -0.371. The van der Waals surface area contributed by atoms with Gasteiger partial charge < -0.3 is 10.6 Å². The molecular formula is C14H19Cl3N2O. The molecule has 112 valence electrons. The van der Waals surface area contributed by atoms with Gasteiger partial charge in [0.15, 0.2) is 0 Å². The average molecular weight is 338 g/mol. The fourth-order valence-electron chi connectivity index (χ4n) is 1.56. The molecule has 0 aliphatic heterocycles. The van der Waals surface area contributed by atoms with Gasteiger partial charge in [-0.15, -0.1) is 0 Å². The first-order valence-electron chi connectivity index (χ1n) is 6.32. The normalized spacial score (nSPS) is 13.2. The molecule has 0 saturated carbocycles. The summed E-state index contributed by atoms with van der Waals surface area (Å²) in [6.45, 7) is 7.48. The van der Waals surface area contributed by atoms with Gasteiger partial charge in [0.2, 0.25) is 9.70 Å². The van der Waals surface area contributed by atoms with Crippen molar-refractivity contribution in [2.75, 3.05) is 5.32 Å². The smallest absolute Gasteiger partial charge is 0.228 e. The van der Waals surface area contributed by atoms with Crippen molar-refractivity contribution in [2.24, 2.45) is 5.92 Å². The van der Waals surface area contributed by atoms with Crippen LogP contribution in [0.1, 0.15) is 25.0 Å².